The molecule has 0 aromatic heterocycles. The Balaban J connectivity index is 2.40. The fourth-order valence-electron chi connectivity index (χ4n) is 1.35. The number of ether oxygens (including phenoxy) is 2. The predicted molar refractivity (Wildman–Crippen MR) is 60.0 cm³/mol. The third-order valence-corrected chi connectivity index (χ3v) is 5.72. The topological polar surface area (TPSA) is 36.9 Å². The van der Waals surface area contributed by atoms with Crippen molar-refractivity contribution in [3.63, 3.8) is 0 Å². The van der Waals surface area contributed by atoms with Crippen molar-refractivity contribution in [1.29, 1.82) is 0 Å². The van der Waals surface area contributed by atoms with Gasteiger partial charge in [-0.1, -0.05) is 6.92 Å². The summed E-state index contributed by atoms with van der Waals surface area (Å²) in [7, 11) is -0.279. The molecule has 0 bridgehead atoms. The molecule has 4 nitrogen and oxygen atoms in total. The molecule has 0 aliphatic carbocycles. The van der Waals surface area contributed by atoms with Crippen molar-refractivity contribution in [3.8, 4) is 0 Å². The second-order valence-electron chi connectivity index (χ2n) is 4.16. The highest BCUT2D eigenvalue weighted by atomic mass is 28.4. The van der Waals surface area contributed by atoms with E-state index in [-0.39, 0.29) is 0 Å². The molecule has 1 rings (SSSR count). The quantitative estimate of drug-likeness (QED) is 0.681. The summed E-state index contributed by atoms with van der Waals surface area (Å²) < 4.78 is 22.4. The first kappa shape index (κ1) is 13.1. The van der Waals surface area contributed by atoms with Crippen molar-refractivity contribution in [2.75, 3.05) is 26.9 Å². The van der Waals surface area contributed by atoms with Gasteiger partial charge in [0.15, 0.2) is 5.79 Å². The third-order valence-electron chi connectivity index (χ3n) is 2.82. The van der Waals surface area contributed by atoms with Crippen LogP contribution in [-0.4, -0.2) is 41.3 Å². The SMILES string of the molecule is CC[Si](C)(OC)OCC1(C)OCCCO1. The molecule has 1 aliphatic heterocycles. The van der Waals surface area contributed by atoms with Gasteiger partial charge in [-0.3, -0.25) is 0 Å². The van der Waals surface area contributed by atoms with E-state index in [0.29, 0.717) is 6.61 Å². The van der Waals surface area contributed by atoms with Crippen molar-refractivity contribution in [3.05, 3.63) is 0 Å². The zero-order valence-corrected chi connectivity index (χ0v) is 11.2. The Morgan fingerprint density at radius 1 is 1.33 bits per heavy atom. The molecule has 1 fully saturated rings. The molecule has 0 N–H and O–H groups in total. The van der Waals surface area contributed by atoms with E-state index in [1.54, 1.807) is 7.11 Å². The minimum Gasteiger partial charge on any atom is -0.398 e. The Morgan fingerprint density at radius 2 is 1.93 bits per heavy atom. The van der Waals surface area contributed by atoms with Gasteiger partial charge in [-0.05, 0) is 25.9 Å². The average Bonchev–Trinajstić information content (AvgIpc) is 2.27. The molecule has 1 unspecified atom stereocenters. The van der Waals surface area contributed by atoms with Crippen LogP contribution in [0.2, 0.25) is 12.6 Å². The van der Waals surface area contributed by atoms with Crippen LogP contribution < -0.4 is 0 Å². The van der Waals surface area contributed by atoms with E-state index in [4.69, 9.17) is 18.3 Å². The van der Waals surface area contributed by atoms with Crippen molar-refractivity contribution in [1.82, 2.24) is 0 Å². The van der Waals surface area contributed by atoms with Gasteiger partial charge in [-0.2, -0.15) is 0 Å². The van der Waals surface area contributed by atoms with Gasteiger partial charge >= 0.3 is 8.56 Å². The molecule has 0 saturated carbocycles. The van der Waals surface area contributed by atoms with Gasteiger partial charge in [0.05, 0.1) is 19.8 Å². The summed E-state index contributed by atoms with van der Waals surface area (Å²) in [5.74, 6) is -0.583. The molecule has 0 aromatic carbocycles. The van der Waals surface area contributed by atoms with Crippen molar-refractivity contribution < 1.29 is 18.3 Å². The molecule has 1 saturated heterocycles. The monoisotopic (exact) mass is 234 g/mol. The third kappa shape index (κ3) is 3.84. The molecule has 0 spiro atoms. The summed E-state index contributed by atoms with van der Waals surface area (Å²) in [5, 5.41) is 0. The standard InChI is InChI=1S/C10H22O4Si/c1-5-15(4,11-3)14-9-10(2)12-7-6-8-13-10/h5-9H2,1-4H3. The van der Waals surface area contributed by atoms with Crippen molar-refractivity contribution in [2.45, 2.75) is 38.6 Å². The summed E-state index contributed by atoms with van der Waals surface area (Å²) in [5.41, 5.74) is 0. The van der Waals surface area contributed by atoms with Crippen LogP contribution in [0.3, 0.4) is 0 Å². The lowest BCUT2D eigenvalue weighted by Crippen LogP contribution is -2.47. The molecule has 0 amide bonds. The summed E-state index contributed by atoms with van der Waals surface area (Å²) in [6, 6.07) is 0.930. The fourth-order valence-corrected chi connectivity index (χ4v) is 2.53. The van der Waals surface area contributed by atoms with Gasteiger partial charge in [0.25, 0.3) is 0 Å². The summed E-state index contributed by atoms with van der Waals surface area (Å²) in [6.07, 6.45) is 0.961. The minimum absolute atomic E-state index is 0.456. The smallest absolute Gasteiger partial charge is 0.334 e. The van der Waals surface area contributed by atoms with Crippen molar-refractivity contribution >= 4 is 8.56 Å². The van der Waals surface area contributed by atoms with Gasteiger partial charge < -0.3 is 18.3 Å². The second-order valence-corrected chi connectivity index (χ2v) is 7.84. The maximum Gasteiger partial charge on any atom is 0.334 e. The van der Waals surface area contributed by atoms with Crippen molar-refractivity contribution in [2.24, 2.45) is 0 Å². The highest BCUT2D eigenvalue weighted by Crippen LogP contribution is 2.21. The Hall–Kier alpha value is 0.0569. The molecule has 0 aromatic rings. The van der Waals surface area contributed by atoms with Crippen LogP contribution >= 0.6 is 0 Å². The largest absolute Gasteiger partial charge is 0.398 e. The Kier molecular flexibility index (Phi) is 4.73. The summed E-state index contributed by atoms with van der Waals surface area (Å²) in [6.45, 7) is 8.01. The zero-order valence-electron chi connectivity index (χ0n) is 10.2. The first-order valence-electron chi connectivity index (χ1n) is 5.50. The first-order chi connectivity index (χ1) is 7.04. The maximum absolute atomic E-state index is 5.84. The van der Waals surface area contributed by atoms with E-state index in [9.17, 15) is 0 Å². The van der Waals surface area contributed by atoms with Gasteiger partial charge in [0.2, 0.25) is 0 Å². The predicted octanol–water partition coefficient (Wildman–Crippen LogP) is 1.89. The molecule has 90 valence electrons. The lowest BCUT2D eigenvalue weighted by atomic mass is 10.3. The van der Waals surface area contributed by atoms with Crippen LogP contribution in [0.4, 0.5) is 0 Å². The molecular formula is C10H22O4Si. The summed E-state index contributed by atoms with van der Waals surface area (Å²) in [4.78, 5) is 0. The van der Waals surface area contributed by atoms with Gasteiger partial charge in [-0.25, -0.2) is 0 Å². The Bertz CT molecular complexity index is 188. The maximum atomic E-state index is 5.84. The molecule has 1 aliphatic rings. The van der Waals surface area contributed by atoms with Crippen LogP contribution in [0.5, 0.6) is 0 Å². The van der Waals surface area contributed by atoms with Gasteiger partial charge in [0.1, 0.15) is 0 Å². The fraction of sp³-hybridized carbons (Fsp3) is 1.00. The lowest BCUT2D eigenvalue weighted by Gasteiger charge is -2.36. The number of rotatable bonds is 5. The van der Waals surface area contributed by atoms with E-state index in [1.807, 2.05) is 6.92 Å². The van der Waals surface area contributed by atoms with E-state index >= 15 is 0 Å². The number of hydrogen-bond donors (Lipinski definition) is 0. The van der Waals surface area contributed by atoms with Crippen LogP contribution in [0.1, 0.15) is 20.3 Å². The molecular weight excluding hydrogens is 212 g/mol. The molecule has 15 heavy (non-hydrogen) atoms. The molecule has 1 atom stereocenters. The molecule has 0 radical (unpaired) electrons. The van der Waals surface area contributed by atoms with Crippen LogP contribution in [-0.2, 0) is 18.3 Å². The molecule has 1 heterocycles. The normalized spacial score (nSPS) is 24.8. The average molecular weight is 234 g/mol. The highest BCUT2D eigenvalue weighted by Gasteiger charge is 2.35. The highest BCUT2D eigenvalue weighted by molar-refractivity contribution is 6.65. The zero-order chi connectivity index (χ0) is 11.4. The van der Waals surface area contributed by atoms with Gasteiger partial charge in [0, 0.05) is 7.11 Å². The van der Waals surface area contributed by atoms with Gasteiger partial charge in [-0.15, -0.1) is 0 Å². The summed E-state index contributed by atoms with van der Waals surface area (Å²) >= 11 is 0. The van der Waals surface area contributed by atoms with Crippen LogP contribution in [0.25, 0.3) is 0 Å². The second kappa shape index (κ2) is 5.40. The van der Waals surface area contributed by atoms with E-state index < -0.39 is 14.3 Å². The van der Waals surface area contributed by atoms with E-state index in [1.165, 1.54) is 0 Å². The first-order valence-corrected chi connectivity index (χ1v) is 8.03. The molecule has 5 heteroatoms. The Morgan fingerprint density at radius 3 is 2.40 bits per heavy atom. The Labute approximate surface area is 93.1 Å². The van der Waals surface area contributed by atoms with E-state index in [2.05, 4.69) is 13.5 Å². The van der Waals surface area contributed by atoms with E-state index in [0.717, 1.165) is 25.7 Å². The lowest BCUT2D eigenvalue weighted by molar-refractivity contribution is -0.269. The number of hydrogen-bond acceptors (Lipinski definition) is 4. The van der Waals surface area contributed by atoms with Crippen LogP contribution in [0.15, 0.2) is 0 Å². The van der Waals surface area contributed by atoms with Crippen LogP contribution in [0, 0.1) is 0 Å². The minimum atomic E-state index is -1.99.